The van der Waals surface area contributed by atoms with E-state index >= 15 is 0 Å². The summed E-state index contributed by atoms with van der Waals surface area (Å²) in [6, 6.07) is 0. The predicted octanol–water partition coefficient (Wildman–Crippen LogP) is 2.22. The fourth-order valence-corrected chi connectivity index (χ4v) is 1.39. The van der Waals surface area contributed by atoms with Gasteiger partial charge >= 0.3 is 0 Å². The van der Waals surface area contributed by atoms with Crippen LogP contribution in [0.15, 0.2) is 30.9 Å². The average molecular weight is 207 g/mol. The van der Waals surface area contributed by atoms with Crippen molar-refractivity contribution < 1.29 is 0 Å². The highest BCUT2D eigenvalue weighted by Gasteiger charge is 1.91. The zero-order valence-corrected chi connectivity index (χ0v) is 9.58. The van der Waals surface area contributed by atoms with Crippen LogP contribution >= 0.6 is 0 Å². The average Bonchev–Trinajstić information content (AvgIpc) is 2.68. The molecule has 0 amide bonds. The van der Waals surface area contributed by atoms with E-state index in [0.29, 0.717) is 0 Å². The smallest absolute Gasteiger partial charge is 0.0945 e. The molecule has 0 bridgehead atoms. The molecule has 15 heavy (non-hydrogen) atoms. The molecule has 0 atom stereocenters. The molecular weight excluding hydrogens is 186 g/mol. The topological polar surface area (TPSA) is 29.9 Å². The van der Waals surface area contributed by atoms with Crippen LogP contribution < -0.4 is 5.32 Å². The third-order valence-corrected chi connectivity index (χ3v) is 2.31. The summed E-state index contributed by atoms with van der Waals surface area (Å²) in [5, 5.41) is 3.41. The molecule has 0 fully saturated rings. The number of hydrogen-bond acceptors (Lipinski definition) is 2. The third-order valence-electron chi connectivity index (χ3n) is 2.31. The van der Waals surface area contributed by atoms with E-state index in [0.717, 1.165) is 26.1 Å². The lowest BCUT2D eigenvalue weighted by Gasteiger charge is -2.04. The quantitative estimate of drug-likeness (QED) is 0.523. The van der Waals surface area contributed by atoms with Crippen LogP contribution in [0, 0.1) is 0 Å². The molecule has 1 aromatic heterocycles. The van der Waals surface area contributed by atoms with Crippen LogP contribution in [0.4, 0.5) is 0 Å². The van der Waals surface area contributed by atoms with E-state index in [9.17, 15) is 0 Å². The lowest BCUT2D eigenvalue weighted by atomic mass is 10.2. The SMILES string of the molecule is C=C(C)CCNCCCCn1ccnc1. The second kappa shape index (κ2) is 7.23. The van der Waals surface area contributed by atoms with Crippen LogP contribution in [0.5, 0.6) is 0 Å². The first kappa shape index (κ1) is 12.0. The third kappa shape index (κ3) is 6.07. The van der Waals surface area contributed by atoms with Crippen LogP contribution in [-0.4, -0.2) is 22.6 Å². The van der Waals surface area contributed by atoms with Gasteiger partial charge in [-0.25, -0.2) is 4.98 Å². The van der Waals surface area contributed by atoms with E-state index in [2.05, 4.69) is 28.4 Å². The standard InChI is InChI=1S/C12H21N3/c1-12(2)5-7-13-6-3-4-9-15-10-8-14-11-15/h8,10-11,13H,1,3-7,9H2,2H3. The maximum absolute atomic E-state index is 4.01. The van der Waals surface area contributed by atoms with Crippen molar-refractivity contribution in [3.05, 3.63) is 30.9 Å². The molecule has 3 heteroatoms. The molecule has 1 rings (SSSR count). The van der Waals surface area contributed by atoms with E-state index in [1.165, 1.54) is 18.4 Å². The van der Waals surface area contributed by atoms with E-state index in [1.807, 2.05) is 18.7 Å². The molecule has 0 saturated carbocycles. The zero-order valence-electron chi connectivity index (χ0n) is 9.58. The predicted molar refractivity (Wildman–Crippen MR) is 63.8 cm³/mol. The van der Waals surface area contributed by atoms with Gasteiger partial charge in [-0.05, 0) is 39.3 Å². The van der Waals surface area contributed by atoms with Gasteiger partial charge in [0.1, 0.15) is 0 Å². The molecule has 1 N–H and O–H groups in total. The van der Waals surface area contributed by atoms with Crippen molar-refractivity contribution in [2.45, 2.75) is 32.7 Å². The summed E-state index contributed by atoms with van der Waals surface area (Å²) in [5.41, 5.74) is 1.25. The highest BCUT2D eigenvalue weighted by atomic mass is 15.0. The van der Waals surface area contributed by atoms with E-state index in [1.54, 1.807) is 0 Å². The lowest BCUT2D eigenvalue weighted by Crippen LogP contribution is -2.17. The minimum absolute atomic E-state index is 1.06. The Morgan fingerprint density at radius 3 is 2.93 bits per heavy atom. The molecule has 0 saturated heterocycles. The monoisotopic (exact) mass is 207 g/mol. The molecule has 0 aliphatic heterocycles. The first-order chi connectivity index (χ1) is 7.29. The number of imidazole rings is 1. The second-order valence-corrected chi connectivity index (χ2v) is 3.96. The Hall–Kier alpha value is -1.09. The summed E-state index contributed by atoms with van der Waals surface area (Å²) >= 11 is 0. The molecule has 0 unspecified atom stereocenters. The molecule has 0 aliphatic rings. The number of aromatic nitrogens is 2. The van der Waals surface area contributed by atoms with Gasteiger partial charge in [-0.2, -0.15) is 0 Å². The Labute approximate surface area is 92.2 Å². The molecular formula is C12H21N3. The van der Waals surface area contributed by atoms with E-state index in [4.69, 9.17) is 0 Å². The van der Waals surface area contributed by atoms with Crippen LogP contribution in [0.3, 0.4) is 0 Å². The van der Waals surface area contributed by atoms with Crippen molar-refractivity contribution in [1.29, 1.82) is 0 Å². The molecule has 84 valence electrons. The van der Waals surface area contributed by atoms with Gasteiger partial charge in [-0.3, -0.25) is 0 Å². The molecule has 1 aromatic rings. The summed E-state index contributed by atoms with van der Waals surface area (Å²) in [4.78, 5) is 4.01. The second-order valence-electron chi connectivity index (χ2n) is 3.96. The summed E-state index contributed by atoms with van der Waals surface area (Å²) in [6.07, 6.45) is 9.21. The number of hydrogen-bond donors (Lipinski definition) is 1. The highest BCUT2D eigenvalue weighted by Crippen LogP contribution is 1.95. The molecule has 0 aliphatic carbocycles. The fourth-order valence-electron chi connectivity index (χ4n) is 1.39. The Balaban J connectivity index is 1.87. The van der Waals surface area contributed by atoms with Crippen LogP contribution in [0.2, 0.25) is 0 Å². The Kier molecular flexibility index (Phi) is 5.78. The molecule has 0 aromatic carbocycles. The van der Waals surface area contributed by atoms with Crippen molar-refractivity contribution in [1.82, 2.24) is 14.9 Å². The number of unbranched alkanes of at least 4 members (excludes halogenated alkanes) is 1. The zero-order chi connectivity index (χ0) is 10.9. The van der Waals surface area contributed by atoms with Crippen LogP contribution in [0.25, 0.3) is 0 Å². The summed E-state index contributed by atoms with van der Waals surface area (Å²) < 4.78 is 2.12. The Morgan fingerprint density at radius 1 is 1.40 bits per heavy atom. The van der Waals surface area contributed by atoms with Crippen LogP contribution in [0.1, 0.15) is 26.2 Å². The van der Waals surface area contributed by atoms with Crippen molar-refractivity contribution in [3.63, 3.8) is 0 Å². The van der Waals surface area contributed by atoms with E-state index in [-0.39, 0.29) is 0 Å². The van der Waals surface area contributed by atoms with Gasteiger partial charge in [-0.15, -0.1) is 6.58 Å². The van der Waals surface area contributed by atoms with Crippen molar-refractivity contribution in [2.75, 3.05) is 13.1 Å². The molecule has 0 radical (unpaired) electrons. The highest BCUT2D eigenvalue weighted by molar-refractivity contribution is 4.88. The van der Waals surface area contributed by atoms with E-state index < -0.39 is 0 Å². The van der Waals surface area contributed by atoms with Gasteiger partial charge in [-0.1, -0.05) is 5.57 Å². The normalized spacial score (nSPS) is 10.5. The minimum Gasteiger partial charge on any atom is -0.337 e. The number of nitrogens with zero attached hydrogens (tertiary/aromatic N) is 2. The molecule has 3 nitrogen and oxygen atoms in total. The molecule has 1 heterocycles. The van der Waals surface area contributed by atoms with Gasteiger partial charge < -0.3 is 9.88 Å². The fraction of sp³-hybridized carbons (Fsp3) is 0.583. The maximum atomic E-state index is 4.01. The number of nitrogens with one attached hydrogen (secondary N) is 1. The summed E-state index contributed by atoms with van der Waals surface area (Å²) in [6.45, 7) is 9.17. The van der Waals surface area contributed by atoms with Gasteiger partial charge in [0.25, 0.3) is 0 Å². The number of rotatable bonds is 8. The first-order valence-corrected chi connectivity index (χ1v) is 5.60. The first-order valence-electron chi connectivity index (χ1n) is 5.60. The summed E-state index contributed by atoms with van der Waals surface area (Å²) in [5.74, 6) is 0. The van der Waals surface area contributed by atoms with Gasteiger partial charge in [0.05, 0.1) is 6.33 Å². The van der Waals surface area contributed by atoms with Crippen molar-refractivity contribution in [3.8, 4) is 0 Å². The summed E-state index contributed by atoms with van der Waals surface area (Å²) in [7, 11) is 0. The Morgan fingerprint density at radius 2 is 2.27 bits per heavy atom. The minimum atomic E-state index is 1.06. The Bertz CT molecular complexity index is 264. The van der Waals surface area contributed by atoms with Gasteiger partial charge in [0.15, 0.2) is 0 Å². The maximum Gasteiger partial charge on any atom is 0.0945 e. The van der Waals surface area contributed by atoms with Crippen molar-refractivity contribution >= 4 is 0 Å². The van der Waals surface area contributed by atoms with Gasteiger partial charge in [0, 0.05) is 18.9 Å². The number of aryl methyl sites for hydroxylation is 1. The molecule has 0 spiro atoms. The van der Waals surface area contributed by atoms with Gasteiger partial charge in [0.2, 0.25) is 0 Å². The largest absolute Gasteiger partial charge is 0.337 e. The van der Waals surface area contributed by atoms with Crippen LogP contribution in [-0.2, 0) is 6.54 Å². The lowest BCUT2D eigenvalue weighted by molar-refractivity contribution is 0.569. The van der Waals surface area contributed by atoms with Crippen molar-refractivity contribution in [2.24, 2.45) is 0 Å².